The summed E-state index contributed by atoms with van der Waals surface area (Å²) in [5.74, 6) is -0.425. The molecular weight excluding hydrogens is 384 g/mol. The minimum Gasteiger partial charge on any atom is -0.361 e. The molecular formula is C23H16N2O3S. The van der Waals surface area contributed by atoms with Crippen LogP contribution in [0.25, 0.3) is 21.4 Å². The largest absolute Gasteiger partial charge is 0.361 e. The molecule has 5 rings (SSSR count). The van der Waals surface area contributed by atoms with Crippen LogP contribution in [0.1, 0.15) is 11.1 Å². The van der Waals surface area contributed by atoms with Crippen molar-refractivity contribution in [2.24, 2.45) is 0 Å². The predicted octanol–water partition coefficient (Wildman–Crippen LogP) is 4.46. The van der Waals surface area contributed by atoms with Crippen molar-refractivity contribution in [1.29, 1.82) is 0 Å². The van der Waals surface area contributed by atoms with Gasteiger partial charge in [-0.25, -0.2) is 8.42 Å². The molecule has 0 unspecified atom stereocenters. The van der Waals surface area contributed by atoms with E-state index in [0.29, 0.717) is 16.8 Å². The Labute approximate surface area is 167 Å². The summed E-state index contributed by atoms with van der Waals surface area (Å²) < 4.78 is 27.5. The van der Waals surface area contributed by atoms with Crippen LogP contribution < -0.4 is 5.32 Å². The van der Waals surface area contributed by atoms with Crippen LogP contribution in [-0.2, 0) is 14.6 Å². The lowest BCUT2D eigenvalue weighted by molar-refractivity contribution is -0.110. The van der Waals surface area contributed by atoms with Crippen molar-refractivity contribution >= 4 is 42.8 Å². The zero-order valence-corrected chi connectivity index (χ0v) is 16.0. The summed E-state index contributed by atoms with van der Waals surface area (Å²) in [6, 6.07) is 22.8. The fourth-order valence-corrected chi connectivity index (χ4v) is 5.41. The summed E-state index contributed by atoms with van der Waals surface area (Å²) in [7, 11) is -3.98. The van der Waals surface area contributed by atoms with Crippen molar-refractivity contribution in [3.8, 4) is 0 Å². The minimum atomic E-state index is -3.98. The molecule has 2 N–H and O–H groups in total. The lowest BCUT2D eigenvalue weighted by atomic mass is 10.0. The summed E-state index contributed by atoms with van der Waals surface area (Å²) >= 11 is 0. The number of hydrogen-bond donors (Lipinski definition) is 2. The third-order valence-electron chi connectivity index (χ3n) is 5.05. The number of nitrogens with one attached hydrogen (secondary N) is 2. The van der Waals surface area contributed by atoms with Gasteiger partial charge in [0.25, 0.3) is 5.91 Å². The molecule has 0 aliphatic carbocycles. The maximum atomic E-state index is 13.8. The van der Waals surface area contributed by atoms with Crippen molar-refractivity contribution in [1.82, 2.24) is 4.98 Å². The van der Waals surface area contributed by atoms with E-state index >= 15 is 0 Å². The van der Waals surface area contributed by atoms with E-state index in [0.717, 1.165) is 10.9 Å². The third-order valence-corrected chi connectivity index (χ3v) is 6.91. The first kappa shape index (κ1) is 17.5. The normalized spacial score (nSPS) is 15.2. The number of carbonyl (C=O) groups is 1. The summed E-state index contributed by atoms with van der Waals surface area (Å²) in [5.41, 5.74) is 2.63. The van der Waals surface area contributed by atoms with Crippen molar-refractivity contribution < 1.29 is 13.2 Å². The quantitative estimate of drug-likeness (QED) is 0.498. The molecule has 5 nitrogen and oxygen atoms in total. The molecule has 0 saturated carbocycles. The number of H-pyrrole nitrogens is 1. The fourth-order valence-electron chi connectivity index (χ4n) is 3.73. The SMILES string of the molecule is O=C1Nc2ccccc2C1=C(c1c[nH]c2ccccc12)S(=O)(=O)c1ccccc1. The smallest absolute Gasteiger partial charge is 0.257 e. The highest BCUT2D eigenvalue weighted by Crippen LogP contribution is 2.43. The Balaban J connectivity index is 1.91. The fraction of sp³-hybridized carbons (Fsp3) is 0. The number of fused-ring (bicyclic) bond motifs is 2. The highest BCUT2D eigenvalue weighted by molar-refractivity contribution is 8.01. The first-order valence-corrected chi connectivity index (χ1v) is 10.6. The summed E-state index contributed by atoms with van der Waals surface area (Å²) in [6.07, 6.45) is 1.65. The van der Waals surface area contributed by atoms with Gasteiger partial charge in [0.15, 0.2) is 0 Å². The topological polar surface area (TPSA) is 79.0 Å². The molecule has 142 valence electrons. The number of aromatic nitrogens is 1. The van der Waals surface area contributed by atoms with E-state index in [1.165, 1.54) is 0 Å². The Hall–Kier alpha value is -3.64. The maximum Gasteiger partial charge on any atom is 0.257 e. The molecule has 0 radical (unpaired) electrons. The van der Waals surface area contributed by atoms with Crippen molar-refractivity contribution in [3.63, 3.8) is 0 Å². The first-order chi connectivity index (χ1) is 14.1. The maximum absolute atomic E-state index is 13.8. The van der Waals surface area contributed by atoms with Gasteiger partial charge in [-0.05, 0) is 24.3 Å². The highest BCUT2D eigenvalue weighted by Gasteiger charge is 2.35. The molecule has 6 heteroatoms. The van der Waals surface area contributed by atoms with Crippen LogP contribution in [0, 0.1) is 0 Å². The van der Waals surface area contributed by atoms with Gasteiger partial charge < -0.3 is 10.3 Å². The van der Waals surface area contributed by atoms with Crippen molar-refractivity contribution in [3.05, 3.63) is 96.2 Å². The molecule has 3 aromatic carbocycles. The van der Waals surface area contributed by atoms with E-state index in [9.17, 15) is 13.2 Å². The average Bonchev–Trinajstić information content (AvgIpc) is 3.30. The number of aromatic amines is 1. The second kappa shape index (κ2) is 6.46. The predicted molar refractivity (Wildman–Crippen MR) is 114 cm³/mol. The molecule has 0 bridgehead atoms. The molecule has 0 fully saturated rings. The molecule has 1 aromatic heterocycles. The monoisotopic (exact) mass is 400 g/mol. The van der Waals surface area contributed by atoms with Crippen LogP contribution in [-0.4, -0.2) is 19.3 Å². The zero-order chi connectivity index (χ0) is 20.0. The summed E-state index contributed by atoms with van der Waals surface area (Å²) in [4.78, 5) is 16.2. The van der Waals surface area contributed by atoms with E-state index in [2.05, 4.69) is 10.3 Å². The summed E-state index contributed by atoms with van der Waals surface area (Å²) in [5, 5.41) is 3.53. The van der Waals surface area contributed by atoms with Gasteiger partial charge in [0, 0.05) is 33.9 Å². The number of benzene rings is 3. The van der Waals surface area contributed by atoms with E-state index in [4.69, 9.17) is 0 Å². The molecule has 0 saturated heterocycles. The standard InChI is InChI=1S/C23H16N2O3S/c26-23-21(17-11-5-7-13-20(17)25-23)22(29(27,28)15-8-2-1-3-9-15)18-14-24-19-12-6-4-10-16(18)19/h1-14,24H,(H,25,26). The van der Waals surface area contributed by atoms with E-state index in [1.807, 2.05) is 24.3 Å². The minimum absolute atomic E-state index is 0.00333. The van der Waals surface area contributed by atoms with Crippen LogP contribution in [0.5, 0.6) is 0 Å². The molecule has 1 amide bonds. The zero-order valence-electron chi connectivity index (χ0n) is 15.2. The van der Waals surface area contributed by atoms with Crippen molar-refractivity contribution in [2.45, 2.75) is 4.90 Å². The van der Waals surface area contributed by atoms with Crippen LogP contribution in [0.4, 0.5) is 5.69 Å². The van der Waals surface area contributed by atoms with E-state index in [-0.39, 0.29) is 15.4 Å². The van der Waals surface area contributed by atoms with E-state index < -0.39 is 15.7 Å². The second-order valence-electron chi connectivity index (χ2n) is 6.77. The number of hydrogen-bond acceptors (Lipinski definition) is 3. The highest BCUT2D eigenvalue weighted by atomic mass is 32.2. The number of carbonyl (C=O) groups excluding carboxylic acids is 1. The first-order valence-electron chi connectivity index (χ1n) is 9.09. The number of rotatable bonds is 3. The van der Waals surface area contributed by atoms with E-state index in [1.54, 1.807) is 60.8 Å². The number of amides is 1. The molecule has 0 spiro atoms. The van der Waals surface area contributed by atoms with Gasteiger partial charge >= 0.3 is 0 Å². The second-order valence-corrected chi connectivity index (χ2v) is 8.65. The molecule has 1 aliphatic rings. The number of sulfone groups is 1. The third kappa shape index (κ3) is 2.68. The number of anilines is 1. The molecule has 0 atom stereocenters. The van der Waals surface area contributed by atoms with Gasteiger partial charge in [-0.3, -0.25) is 4.79 Å². The Morgan fingerprint density at radius 2 is 1.48 bits per heavy atom. The average molecular weight is 400 g/mol. The summed E-state index contributed by atoms with van der Waals surface area (Å²) in [6.45, 7) is 0. The van der Waals surface area contributed by atoms with Crippen LogP contribution in [0.15, 0.2) is 90.0 Å². The molecule has 1 aliphatic heterocycles. The molecule has 4 aromatic rings. The Kier molecular flexibility index (Phi) is 3.89. The Bertz CT molecular complexity index is 1400. The van der Waals surface area contributed by atoms with Crippen LogP contribution in [0.3, 0.4) is 0 Å². The lowest BCUT2D eigenvalue weighted by Crippen LogP contribution is -2.12. The Morgan fingerprint density at radius 1 is 0.793 bits per heavy atom. The van der Waals surface area contributed by atoms with Gasteiger partial charge in [0.2, 0.25) is 9.84 Å². The lowest BCUT2D eigenvalue weighted by Gasteiger charge is -2.12. The van der Waals surface area contributed by atoms with Gasteiger partial charge in [-0.15, -0.1) is 0 Å². The molecule has 29 heavy (non-hydrogen) atoms. The van der Waals surface area contributed by atoms with Gasteiger partial charge in [0.1, 0.15) is 0 Å². The molecule has 2 heterocycles. The van der Waals surface area contributed by atoms with Gasteiger partial charge in [0.05, 0.1) is 15.4 Å². The number of para-hydroxylation sites is 2. The van der Waals surface area contributed by atoms with Crippen LogP contribution in [0.2, 0.25) is 0 Å². The van der Waals surface area contributed by atoms with Crippen molar-refractivity contribution in [2.75, 3.05) is 5.32 Å². The van der Waals surface area contributed by atoms with Crippen LogP contribution >= 0.6 is 0 Å². The van der Waals surface area contributed by atoms with Gasteiger partial charge in [-0.1, -0.05) is 54.6 Å². The Morgan fingerprint density at radius 3 is 2.31 bits per heavy atom. The van der Waals surface area contributed by atoms with Gasteiger partial charge in [-0.2, -0.15) is 0 Å².